The number of anilines is 1. The topological polar surface area (TPSA) is 27.6 Å². The molecule has 1 unspecified atom stereocenters. The highest BCUT2D eigenvalue weighted by Gasteiger charge is 2.27. The van der Waals surface area contributed by atoms with Crippen molar-refractivity contribution in [1.29, 1.82) is 0 Å². The fraction of sp³-hybridized carbons (Fsp3) is 0.500. The fourth-order valence-electron chi connectivity index (χ4n) is 2.79. The minimum absolute atomic E-state index is 0.324. The summed E-state index contributed by atoms with van der Waals surface area (Å²) in [6, 6.07) is 8.32. The molecule has 3 rings (SSSR count). The van der Waals surface area contributed by atoms with Crippen LogP contribution in [-0.4, -0.2) is 36.4 Å². The molecule has 0 bridgehead atoms. The van der Waals surface area contributed by atoms with Gasteiger partial charge in [-0.3, -0.25) is 0 Å². The van der Waals surface area contributed by atoms with Crippen LogP contribution in [0.3, 0.4) is 0 Å². The van der Waals surface area contributed by atoms with Crippen molar-refractivity contribution < 1.29 is 0 Å². The Balaban J connectivity index is 1.90. The van der Waals surface area contributed by atoms with Gasteiger partial charge in [-0.05, 0) is 39.0 Å². The molecule has 1 aromatic rings. The number of benzene rings is 1. The molecule has 3 nitrogen and oxygen atoms in total. The number of nitrogens with zero attached hydrogens (tertiary/aromatic N) is 2. The van der Waals surface area contributed by atoms with Crippen molar-refractivity contribution >= 4 is 23.0 Å². The number of para-hydroxylation sites is 1. The summed E-state index contributed by atoms with van der Waals surface area (Å²) in [5, 5.41) is 3.21. The predicted octanol–water partition coefficient (Wildman–Crippen LogP) is 2.77. The Labute approximate surface area is 113 Å². The lowest BCUT2D eigenvalue weighted by molar-refractivity contribution is 0.252. The van der Waals surface area contributed by atoms with Crippen LogP contribution in [0.5, 0.6) is 0 Å². The summed E-state index contributed by atoms with van der Waals surface area (Å²) in [6.07, 6.45) is 2.35. The van der Waals surface area contributed by atoms with E-state index >= 15 is 0 Å². The number of rotatable bonds is 1. The Hall–Kier alpha value is -1.06. The van der Waals surface area contributed by atoms with Crippen LogP contribution in [0.2, 0.25) is 0 Å². The number of likely N-dealkylation sites (tertiary alicyclic amines) is 1. The first-order valence-corrected chi connectivity index (χ1v) is 6.94. The molecule has 2 heterocycles. The molecule has 2 aliphatic heterocycles. The first-order valence-electron chi connectivity index (χ1n) is 6.50. The standard InChI is InChI=1S/C14H18ClN3/c1-18-8-6-10(7-9-18)13-11-4-2-3-5-12(11)16-14(15)17-13/h2-5,10,14,16H,6-9H2,1H3. The molecule has 1 aromatic carbocycles. The Morgan fingerprint density at radius 1 is 1.28 bits per heavy atom. The number of fused-ring (bicyclic) bond motifs is 1. The molecule has 4 heteroatoms. The third-order valence-corrected chi connectivity index (χ3v) is 4.04. The van der Waals surface area contributed by atoms with Gasteiger partial charge in [0.2, 0.25) is 0 Å². The minimum Gasteiger partial charge on any atom is -0.351 e. The maximum Gasteiger partial charge on any atom is 0.195 e. The van der Waals surface area contributed by atoms with Crippen molar-refractivity contribution in [3.63, 3.8) is 0 Å². The van der Waals surface area contributed by atoms with Crippen LogP contribution < -0.4 is 5.32 Å². The molecular weight excluding hydrogens is 246 g/mol. The maximum atomic E-state index is 6.18. The minimum atomic E-state index is -0.324. The van der Waals surface area contributed by atoms with Gasteiger partial charge in [0.1, 0.15) is 0 Å². The molecule has 0 amide bonds. The molecule has 2 aliphatic rings. The second-order valence-electron chi connectivity index (χ2n) is 5.12. The van der Waals surface area contributed by atoms with E-state index in [1.807, 2.05) is 6.07 Å². The number of hydrogen-bond acceptors (Lipinski definition) is 3. The number of halogens is 1. The summed E-state index contributed by atoms with van der Waals surface area (Å²) in [4.78, 5) is 7.00. The summed E-state index contributed by atoms with van der Waals surface area (Å²) in [6.45, 7) is 2.29. The molecule has 1 fully saturated rings. The van der Waals surface area contributed by atoms with E-state index in [0.29, 0.717) is 5.92 Å². The summed E-state index contributed by atoms with van der Waals surface area (Å²) in [5.74, 6) is 0.547. The molecule has 1 N–H and O–H groups in total. The van der Waals surface area contributed by atoms with E-state index in [-0.39, 0.29) is 5.62 Å². The Morgan fingerprint density at radius 2 is 2.00 bits per heavy atom. The second-order valence-corrected chi connectivity index (χ2v) is 5.53. The zero-order valence-corrected chi connectivity index (χ0v) is 11.3. The quantitative estimate of drug-likeness (QED) is 0.623. The van der Waals surface area contributed by atoms with E-state index in [4.69, 9.17) is 11.6 Å². The molecule has 1 saturated heterocycles. The van der Waals surface area contributed by atoms with E-state index in [1.54, 1.807) is 0 Å². The first kappa shape index (κ1) is 12.0. The number of hydrogen-bond donors (Lipinski definition) is 1. The summed E-state index contributed by atoms with van der Waals surface area (Å²) in [5.41, 5.74) is 3.21. The highest BCUT2D eigenvalue weighted by atomic mass is 35.5. The van der Waals surface area contributed by atoms with Crippen molar-refractivity contribution in [1.82, 2.24) is 4.90 Å². The van der Waals surface area contributed by atoms with Crippen molar-refractivity contribution in [2.45, 2.75) is 18.5 Å². The maximum absolute atomic E-state index is 6.18. The number of piperidine rings is 1. The van der Waals surface area contributed by atoms with E-state index in [1.165, 1.54) is 24.1 Å². The first-order chi connectivity index (χ1) is 8.74. The predicted molar refractivity (Wildman–Crippen MR) is 76.5 cm³/mol. The van der Waals surface area contributed by atoms with Crippen LogP contribution in [0.15, 0.2) is 29.3 Å². The number of alkyl halides is 1. The molecular formula is C14H18ClN3. The van der Waals surface area contributed by atoms with Gasteiger partial charge >= 0.3 is 0 Å². The average Bonchev–Trinajstić information content (AvgIpc) is 2.38. The van der Waals surface area contributed by atoms with Gasteiger partial charge in [0.05, 0.1) is 5.71 Å². The molecule has 0 aliphatic carbocycles. The molecule has 1 atom stereocenters. The van der Waals surface area contributed by atoms with Gasteiger partial charge in [-0.15, -0.1) is 0 Å². The highest BCUT2D eigenvalue weighted by Crippen LogP contribution is 2.30. The van der Waals surface area contributed by atoms with E-state index in [9.17, 15) is 0 Å². The molecule has 0 spiro atoms. The Kier molecular flexibility index (Phi) is 3.27. The lowest BCUT2D eigenvalue weighted by Crippen LogP contribution is -2.36. The van der Waals surface area contributed by atoms with Gasteiger partial charge in [0, 0.05) is 17.2 Å². The van der Waals surface area contributed by atoms with Crippen molar-refractivity contribution in [3.05, 3.63) is 29.8 Å². The van der Waals surface area contributed by atoms with Gasteiger partial charge in [-0.25, -0.2) is 4.99 Å². The van der Waals surface area contributed by atoms with E-state index in [2.05, 4.69) is 40.5 Å². The SMILES string of the molecule is CN1CCC(C2=NC(Cl)Nc3ccccc32)CC1. The van der Waals surface area contributed by atoms with Crippen LogP contribution in [0, 0.1) is 5.92 Å². The highest BCUT2D eigenvalue weighted by molar-refractivity contribution is 6.24. The monoisotopic (exact) mass is 263 g/mol. The molecule has 96 valence electrons. The number of nitrogens with one attached hydrogen (secondary N) is 1. The average molecular weight is 264 g/mol. The van der Waals surface area contributed by atoms with Crippen LogP contribution in [0.25, 0.3) is 0 Å². The van der Waals surface area contributed by atoms with E-state index < -0.39 is 0 Å². The van der Waals surface area contributed by atoms with Crippen LogP contribution in [0.1, 0.15) is 18.4 Å². The number of aliphatic imine (C=N–C) groups is 1. The van der Waals surface area contributed by atoms with E-state index in [0.717, 1.165) is 18.8 Å². The Bertz CT molecular complexity index is 464. The third kappa shape index (κ3) is 2.25. The largest absolute Gasteiger partial charge is 0.351 e. The molecule has 0 saturated carbocycles. The van der Waals surface area contributed by atoms with Gasteiger partial charge in [0.15, 0.2) is 5.62 Å². The van der Waals surface area contributed by atoms with Gasteiger partial charge in [-0.1, -0.05) is 29.8 Å². The third-order valence-electron chi connectivity index (χ3n) is 3.84. The fourth-order valence-corrected chi connectivity index (χ4v) is 3.01. The second kappa shape index (κ2) is 4.90. The van der Waals surface area contributed by atoms with Gasteiger partial charge in [-0.2, -0.15) is 0 Å². The Morgan fingerprint density at radius 3 is 2.78 bits per heavy atom. The van der Waals surface area contributed by atoms with Crippen LogP contribution in [-0.2, 0) is 0 Å². The van der Waals surface area contributed by atoms with Crippen LogP contribution >= 0.6 is 11.6 Å². The van der Waals surface area contributed by atoms with Crippen molar-refractivity contribution in [2.24, 2.45) is 10.9 Å². The zero-order chi connectivity index (χ0) is 12.5. The molecule has 0 radical (unpaired) electrons. The smallest absolute Gasteiger partial charge is 0.195 e. The van der Waals surface area contributed by atoms with Crippen molar-refractivity contribution in [2.75, 3.05) is 25.5 Å². The zero-order valence-electron chi connectivity index (χ0n) is 10.6. The summed E-state index contributed by atoms with van der Waals surface area (Å²) in [7, 11) is 2.18. The van der Waals surface area contributed by atoms with Gasteiger partial charge < -0.3 is 10.2 Å². The van der Waals surface area contributed by atoms with Crippen LogP contribution in [0.4, 0.5) is 5.69 Å². The lowest BCUT2D eigenvalue weighted by atomic mass is 9.87. The molecule has 18 heavy (non-hydrogen) atoms. The normalized spacial score (nSPS) is 25.2. The summed E-state index contributed by atoms with van der Waals surface area (Å²) >= 11 is 6.18. The summed E-state index contributed by atoms with van der Waals surface area (Å²) < 4.78 is 0. The van der Waals surface area contributed by atoms with Crippen molar-refractivity contribution in [3.8, 4) is 0 Å². The lowest BCUT2D eigenvalue weighted by Gasteiger charge is -2.32. The van der Waals surface area contributed by atoms with Gasteiger partial charge in [0.25, 0.3) is 0 Å². The molecule has 0 aromatic heterocycles.